The van der Waals surface area contributed by atoms with E-state index >= 15 is 0 Å². The Morgan fingerprint density at radius 3 is 2.83 bits per heavy atom. The zero-order valence-electron chi connectivity index (χ0n) is 13.3. The zero-order valence-corrected chi connectivity index (χ0v) is 14.1. The fourth-order valence-electron chi connectivity index (χ4n) is 2.75. The van der Waals surface area contributed by atoms with Crippen molar-refractivity contribution in [3.63, 3.8) is 0 Å². The maximum atomic E-state index is 12.3. The maximum absolute atomic E-state index is 12.3. The fraction of sp³-hybridized carbons (Fsp3) is 0.471. The van der Waals surface area contributed by atoms with E-state index in [0.29, 0.717) is 12.3 Å². The minimum Gasteiger partial charge on any atom is -0.456 e. The summed E-state index contributed by atoms with van der Waals surface area (Å²) in [7, 11) is 0. The molecule has 3 heterocycles. The third-order valence-electron chi connectivity index (χ3n) is 4.05. The molecule has 1 saturated heterocycles. The van der Waals surface area contributed by atoms with Gasteiger partial charge >= 0.3 is 0 Å². The number of ether oxygens (including phenoxy) is 1. The van der Waals surface area contributed by atoms with Crippen LogP contribution < -0.4 is 5.32 Å². The molecule has 0 unspecified atom stereocenters. The van der Waals surface area contributed by atoms with E-state index in [1.807, 2.05) is 13.0 Å². The van der Waals surface area contributed by atoms with Crippen LogP contribution in [-0.4, -0.2) is 43.7 Å². The van der Waals surface area contributed by atoms with Gasteiger partial charge in [0.25, 0.3) is 5.91 Å². The Labute approximate surface area is 140 Å². The molecule has 0 bridgehead atoms. The number of hydrogen-bond donors (Lipinski definition) is 1. The number of carbonyl (C=O) groups excluding carboxylic acids is 1. The van der Waals surface area contributed by atoms with E-state index in [-0.39, 0.29) is 11.9 Å². The summed E-state index contributed by atoms with van der Waals surface area (Å²) in [6.45, 7) is 5.84. The minimum atomic E-state index is -0.153. The van der Waals surface area contributed by atoms with Gasteiger partial charge in [-0.15, -0.1) is 11.3 Å². The highest BCUT2D eigenvalue weighted by molar-refractivity contribution is 7.10. The molecule has 2 aromatic rings. The lowest BCUT2D eigenvalue weighted by Gasteiger charge is -2.34. The van der Waals surface area contributed by atoms with Crippen LogP contribution in [0.3, 0.4) is 0 Å². The predicted molar refractivity (Wildman–Crippen MR) is 89.9 cm³/mol. The molecule has 1 amide bonds. The highest BCUT2D eigenvalue weighted by Gasteiger charge is 2.24. The number of amides is 1. The Bertz CT molecular complexity index is 618. The maximum Gasteiger partial charge on any atom is 0.287 e. The lowest BCUT2D eigenvalue weighted by Crippen LogP contribution is -2.43. The average molecular weight is 334 g/mol. The topological polar surface area (TPSA) is 54.7 Å². The number of thiophene rings is 1. The highest BCUT2D eigenvalue weighted by atomic mass is 32.1. The highest BCUT2D eigenvalue weighted by Crippen LogP contribution is 2.25. The minimum absolute atomic E-state index is 0.153. The van der Waals surface area contributed by atoms with Crippen molar-refractivity contribution in [2.24, 2.45) is 0 Å². The standard InChI is InChI=1S/C17H22N2O3S/c1-2-13-5-6-15(22-13)17(20)18-12-14(16-4-3-11-23-16)19-7-9-21-10-8-19/h3-6,11,14H,2,7-10,12H2,1H3,(H,18,20)/t14-/m1/s1. The van der Waals surface area contributed by atoms with Crippen LogP contribution in [0.5, 0.6) is 0 Å². The van der Waals surface area contributed by atoms with Crippen molar-refractivity contribution in [3.8, 4) is 0 Å². The summed E-state index contributed by atoms with van der Waals surface area (Å²) in [5, 5.41) is 5.09. The van der Waals surface area contributed by atoms with E-state index in [0.717, 1.165) is 38.5 Å². The van der Waals surface area contributed by atoms with Crippen LogP contribution >= 0.6 is 11.3 Å². The molecule has 0 spiro atoms. The number of nitrogens with zero attached hydrogens (tertiary/aromatic N) is 1. The van der Waals surface area contributed by atoms with Gasteiger partial charge in [0, 0.05) is 30.9 Å². The van der Waals surface area contributed by atoms with Crippen molar-refractivity contribution in [1.29, 1.82) is 0 Å². The van der Waals surface area contributed by atoms with Crippen molar-refractivity contribution < 1.29 is 13.9 Å². The molecule has 0 aliphatic carbocycles. The van der Waals surface area contributed by atoms with Gasteiger partial charge in [-0.3, -0.25) is 9.69 Å². The van der Waals surface area contributed by atoms with Crippen molar-refractivity contribution in [2.45, 2.75) is 19.4 Å². The van der Waals surface area contributed by atoms with Gasteiger partial charge in [-0.25, -0.2) is 0 Å². The first-order valence-electron chi connectivity index (χ1n) is 8.00. The Morgan fingerprint density at radius 2 is 2.17 bits per heavy atom. The first kappa shape index (κ1) is 16.2. The van der Waals surface area contributed by atoms with Crippen LogP contribution in [0.15, 0.2) is 34.1 Å². The molecule has 1 aliphatic heterocycles. The predicted octanol–water partition coefficient (Wildman–Crippen LogP) is 2.71. The lowest BCUT2D eigenvalue weighted by molar-refractivity contribution is 0.0168. The first-order chi connectivity index (χ1) is 11.3. The molecule has 1 fully saturated rings. The van der Waals surface area contributed by atoms with Gasteiger partial charge in [0.15, 0.2) is 5.76 Å². The molecule has 2 aromatic heterocycles. The number of hydrogen-bond acceptors (Lipinski definition) is 5. The van der Waals surface area contributed by atoms with Crippen LogP contribution in [-0.2, 0) is 11.2 Å². The third kappa shape index (κ3) is 4.02. The van der Waals surface area contributed by atoms with Crippen LogP contribution in [0.2, 0.25) is 0 Å². The number of morpholine rings is 1. The monoisotopic (exact) mass is 334 g/mol. The normalized spacial score (nSPS) is 17.1. The molecule has 5 nitrogen and oxygen atoms in total. The molecule has 0 aromatic carbocycles. The molecule has 23 heavy (non-hydrogen) atoms. The average Bonchev–Trinajstić information content (AvgIpc) is 3.27. The number of carbonyl (C=O) groups is 1. The molecule has 124 valence electrons. The van der Waals surface area contributed by atoms with Gasteiger partial charge in [-0.05, 0) is 23.6 Å². The Balaban J connectivity index is 1.65. The van der Waals surface area contributed by atoms with E-state index in [2.05, 4.69) is 27.7 Å². The van der Waals surface area contributed by atoms with Gasteiger partial charge in [0.05, 0.1) is 19.3 Å². The molecule has 1 atom stereocenters. The second-order valence-corrected chi connectivity index (χ2v) is 6.49. The smallest absolute Gasteiger partial charge is 0.287 e. The van der Waals surface area contributed by atoms with Crippen molar-refractivity contribution >= 4 is 17.2 Å². The summed E-state index contributed by atoms with van der Waals surface area (Å²) in [5.74, 6) is 1.06. The molecule has 0 saturated carbocycles. The van der Waals surface area contributed by atoms with Crippen molar-refractivity contribution in [3.05, 3.63) is 46.0 Å². The largest absolute Gasteiger partial charge is 0.456 e. The summed E-state index contributed by atoms with van der Waals surface area (Å²) in [6.07, 6.45) is 0.791. The van der Waals surface area contributed by atoms with Gasteiger partial charge in [-0.1, -0.05) is 13.0 Å². The summed E-state index contributed by atoms with van der Waals surface area (Å²) >= 11 is 1.72. The summed E-state index contributed by atoms with van der Waals surface area (Å²) in [5.41, 5.74) is 0. The molecule has 1 aliphatic rings. The molecule has 3 rings (SSSR count). The van der Waals surface area contributed by atoms with Crippen molar-refractivity contribution in [1.82, 2.24) is 10.2 Å². The number of aryl methyl sites for hydroxylation is 1. The van der Waals surface area contributed by atoms with Gasteiger partial charge in [0.1, 0.15) is 5.76 Å². The van der Waals surface area contributed by atoms with E-state index in [1.54, 1.807) is 17.4 Å². The second kappa shape index (κ2) is 7.77. The summed E-state index contributed by atoms with van der Waals surface area (Å²) in [4.78, 5) is 15.9. The molecular weight excluding hydrogens is 312 g/mol. The quantitative estimate of drug-likeness (QED) is 0.882. The van der Waals surface area contributed by atoms with E-state index in [1.165, 1.54) is 4.88 Å². The fourth-order valence-corrected chi connectivity index (χ4v) is 3.61. The molecule has 1 N–H and O–H groups in total. The lowest BCUT2D eigenvalue weighted by atomic mass is 10.2. The van der Waals surface area contributed by atoms with Crippen LogP contribution in [0.4, 0.5) is 0 Å². The Kier molecular flexibility index (Phi) is 5.48. The Morgan fingerprint density at radius 1 is 1.35 bits per heavy atom. The SMILES string of the molecule is CCc1ccc(C(=O)NC[C@H](c2cccs2)N2CCOCC2)o1. The van der Waals surface area contributed by atoms with E-state index in [4.69, 9.17) is 9.15 Å². The van der Waals surface area contributed by atoms with Crippen LogP contribution in [0.25, 0.3) is 0 Å². The van der Waals surface area contributed by atoms with Gasteiger partial charge < -0.3 is 14.5 Å². The summed E-state index contributed by atoms with van der Waals surface area (Å²) in [6, 6.07) is 7.95. The van der Waals surface area contributed by atoms with Crippen molar-refractivity contribution in [2.75, 3.05) is 32.8 Å². The second-order valence-electron chi connectivity index (χ2n) is 5.51. The zero-order chi connectivity index (χ0) is 16.1. The van der Waals surface area contributed by atoms with Gasteiger partial charge in [-0.2, -0.15) is 0 Å². The third-order valence-corrected chi connectivity index (χ3v) is 5.02. The number of nitrogens with one attached hydrogen (secondary N) is 1. The van der Waals surface area contributed by atoms with E-state index < -0.39 is 0 Å². The van der Waals surface area contributed by atoms with Gasteiger partial charge in [0.2, 0.25) is 0 Å². The number of rotatable bonds is 6. The summed E-state index contributed by atoms with van der Waals surface area (Å²) < 4.78 is 11.0. The molecule has 0 radical (unpaired) electrons. The van der Waals surface area contributed by atoms with Crippen LogP contribution in [0, 0.1) is 0 Å². The molecular formula is C17H22N2O3S. The first-order valence-corrected chi connectivity index (χ1v) is 8.88. The Hall–Kier alpha value is -1.63. The van der Waals surface area contributed by atoms with Crippen LogP contribution in [0.1, 0.15) is 34.2 Å². The van der Waals surface area contributed by atoms with E-state index in [9.17, 15) is 4.79 Å². The number of furan rings is 1. The molecule has 6 heteroatoms.